The number of nitrogens with one attached hydrogen (secondary N) is 1. The lowest BCUT2D eigenvalue weighted by atomic mass is 10.1. The molecule has 3 heteroatoms. The average Bonchev–Trinajstić information content (AvgIpc) is 2.48. The van der Waals surface area contributed by atoms with Crippen LogP contribution in [0.2, 0.25) is 5.02 Å². The molecular weight excluding hydrogens is 282 g/mol. The van der Waals surface area contributed by atoms with Gasteiger partial charge >= 0.3 is 0 Å². The van der Waals surface area contributed by atoms with E-state index in [1.807, 2.05) is 12.1 Å². The van der Waals surface area contributed by atoms with Gasteiger partial charge in [0, 0.05) is 17.1 Å². The zero-order chi connectivity index (χ0) is 15.3. The molecule has 0 saturated carbocycles. The molecule has 0 spiro atoms. The topological polar surface area (TPSA) is 29.1 Å². The molecule has 2 nitrogen and oxygen atoms in total. The minimum atomic E-state index is 0.0975. The highest BCUT2D eigenvalue weighted by Gasteiger charge is 2.02. The SMILES string of the molecule is CCCCCCCCCCCC(=O)Nc1ccc(Cl)cc1. The summed E-state index contributed by atoms with van der Waals surface area (Å²) in [6.07, 6.45) is 12.1. The molecule has 21 heavy (non-hydrogen) atoms. The summed E-state index contributed by atoms with van der Waals surface area (Å²) in [5.41, 5.74) is 0.820. The highest BCUT2D eigenvalue weighted by Crippen LogP contribution is 2.14. The van der Waals surface area contributed by atoms with E-state index in [9.17, 15) is 4.79 Å². The van der Waals surface area contributed by atoms with Gasteiger partial charge in [0.15, 0.2) is 0 Å². The van der Waals surface area contributed by atoms with Crippen molar-refractivity contribution in [1.29, 1.82) is 0 Å². The van der Waals surface area contributed by atoms with Gasteiger partial charge in [-0.3, -0.25) is 4.79 Å². The number of unbranched alkanes of at least 4 members (excludes halogenated alkanes) is 8. The van der Waals surface area contributed by atoms with Crippen molar-refractivity contribution in [2.24, 2.45) is 0 Å². The lowest BCUT2D eigenvalue weighted by molar-refractivity contribution is -0.116. The summed E-state index contributed by atoms with van der Waals surface area (Å²) < 4.78 is 0. The van der Waals surface area contributed by atoms with Crippen molar-refractivity contribution >= 4 is 23.2 Å². The molecular formula is C18H28ClNO. The van der Waals surface area contributed by atoms with Crippen molar-refractivity contribution in [2.75, 3.05) is 5.32 Å². The van der Waals surface area contributed by atoms with Crippen LogP contribution in [0.5, 0.6) is 0 Å². The molecule has 0 aromatic heterocycles. The van der Waals surface area contributed by atoms with E-state index in [-0.39, 0.29) is 5.91 Å². The first-order chi connectivity index (χ1) is 10.2. The maximum atomic E-state index is 11.8. The molecule has 0 aliphatic rings. The van der Waals surface area contributed by atoms with Crippen molar-refractivity contribution < 1.29 is 4.79 Å². The lowest BCUT2D eigenvalue weighted by Gasteiger charge is -2.05. The number of halogens is 1. The Balaban J connectivity index is 1.97. The van der Waals surface area contributed by atoms with Crippen LogP contribution in [0.4, 0.5) is 5.69 Å². The summed E-state index contributed by atoms with van der Waals surface area (Å²) in [6, 6.07) is 7.23. The highest BCUT2D eigenvalue weighted by molar-refractivity contribution is 6.30. The number of amides is 1. The molecule has 118 valence electrons. The van der Waals surface area contributed by atoms with E-state index < -0.39 is 0 Å². The van der Waals surface area contributed by atoms with Gasteiger partial charge in [-0.25, -0.2) is 0 Å². The second-order valence-electron chi connectivity index (χ2n) is 5.63. The molecule has 0 aliphatic carbocycles. The first-order valence-corrected chi connectivity index (χ1v) is 8.65. The number of rotatable bonds is 11. The Morgan fingerprint density at radius 1 is 0.905 bits per heavy atom. The molecule has 0 fully saturated rings. The minimum absolute atomic E-state index is 0.0975. The molecule has 0 bridgehead atoms. The first kappa shape index (κ1) is 18.0. The van der Waals surface area contributed by atoms with E-state index in [1.165, 1.54) is 44.9 Å². The number of hydrogen-bond acceptors (Lipinski definition) is 1. The van der Waals surface area contributed by atoms with Crippen LogP contribution in [0.1, 0.15) is 71.1 Å². The van der Waals surface area contributed by atoms with Gasteiger partial charge < -0.3 is 5.32 Å². The standard InChI is InChI=1S/C18H28ClNO/c1-2-3-4-5-6-7-8-9-10-11-18(21)20-17-14-12-16(19)13-15-17/h12-15H,2-11H2,1H3,(H,20,21). The van der Waals surface area contributed by atoms with Gasteiger partial charge in [0.1, 0.15) is 0 Å². The molecule has 0 saturated heterocycles. The fourth-order valence-corrected chi connectivity index (χ4v) is 2.48. The predicted molar refractivity (Wildman–Crippen MR) is 91.9 cm³/mol. The summed E-state index contributed by atoms with van der Waals surface area (Å²) in [4.78, 5) is 11.8. The van der Waals surface area contributed by atoms with Crippen LogP contribution in [-0.2, 0) is 4.79 Å². The third-order valence-electron chi connectivity index (χ3n) is 3.64. The smallest absolute Gasteiger partial charge is 0.224 e. The molecule has 1 rings (SSSR count). The van der Waals surface area contributed by atoms with Gasteiger partial charge in [-0.1, -0.05) is 69.9 Å². The average molecular weight is 310 g/mol. The van der Waals surface area contributed by atoms with Gasteiger partial charge in [0.2, 0.25) is 5.91 Å². The quantitative estimate of drug-likeness (QED) is 0.484. The third-order valence-corrected chi connectivity index (χ3v) is 3.89. The van der Waals surface area contributed by atoms with Gasteiger partial charge in [-0.05, 0) is 30.7 Å². The van der Waals surface area contributed by atoms with Crippen molar-refractivity contribution in [1.82, 2.24) is 0 Å². The van der Waals surface area contributed by atoms with Crippen molar-refractivity contribution in [2.45, 2.75) is 71.1 Å². The number of carbonyl (C=O) groups is 1. The molecule has 0 aliphatic heterocycles. The van der Waals surface area contributed by atoms with Crippen LogP contribution in [-0.4, -0.2) is 5.91 Å². The van der Waals surface area contributed by atoms with Crippen LogP contribution in [0, 0.1) is 0 Å². The summed E-state index contributed by atoms with van der Waals surface area (Å²) in [6.45, 7) is 2.25. The van der Waals surface area contributed by atoms with Crippen molar-refractivity contribution in [3.63, 3.8) is 0 Å². The Morgan fingerprint density at radius 3 is 2.00 bits per heavy atom. The molecule has 1 amide bonds. The zero-order valence-electron chi connectivity index (χ0n) is 13.2. The van der Waals surface area contributed by atoms with Crippen LogP contribution in [0.3, 0.4) is 0 Å². The van der Waals surface area contributed by atoms with Crippen LogP contribution < -0.4 is 5.32 Å². The lowest BCUT2D eigenvalue weighted by Crippen LogP contribution is -2.10. The largest absolute Gasteiger partial charge is 0.326 e. The Hall–Kier alpha value is -1.02. The number of anilines is 1. The van der Waals surface area contributed by atoms with E-state index in [2.05, 4.69) is 12.2 Å². The Morgan fingerprint density at radius 2 is 1.43 bits per heavy atom. The van der Waals surface area contributed by atoms with E-state index in [0.29, 0.717) is 11.4 Å². The van der Waals surface area contributed by atoms with E-state index in [4.69, 9.17) is 11.6 Å². The predicted octanol–water partition coefficient (Wildman–Crippen LogP) is 6.20. The second kappa shape index (κ2) is 11.6. The maximum Gasteiger partial charge on any atom is 0.224 e. The second-order valence-corrected chi connectivity index (χ2v) is 6.07. The molecule has 1 aromatic rings. The number of benzene rings is 1. The van der Waals surface area contributed by atoms with Crippen molar-refractivity contribution in [3.05, 3.63) is 29.3 Å². The summed E-state index contributed by atoms with van der Waals surface area (Å²) in [5.74, 6) is 0.0975. The fraction of sp³-hybridized carbons (Fsp3) is 0.611. The van der Waals surface area contributed by atoms with Gasteiger partial charge in [-0.15, -0.1) is 0 Å². The summed E-state index contributed by atoms with van der Waals surface area (Å²) >= 11 is 5.81. The summed E-state index contributed by atoms with van der Waals surface area (Å²) in [5, 5.41) is 3.58. The fourth-order valence-electron chi connectivity index (χ4n) is 2.35. The van der Waals surface area contributed by atoms with Gasteiger partial charge in [0.05, 0.1) is 0 Å². The minimum Gasteiger partial charge on any atom is -0.326 e. The molecule has 0 atom stereocenters. The Bertz CT molecular complexity index is 389. The Kier molecular flexibility index (Phi) is 9.98. The normalized spacial score (nSPS) is 10.6. The van der Waals surface area contributed by atoms with Crippen LogP contribution >= 0.6 is 11.6 Å². The van der Waals surface area contributed by atoms with Crippen LogP contribution in [0.25, 0.3) is 0 Å². The number of hydrogen-bond donors (Lipinski definition) is 1. The van der Waals surface area contributed by atoms with Gasteiger partial charge in [0.25, 0.3) is 0 Å². The van der Waals surface area contributed by atoms with Crippen LogP contribution in [0.15, 0.2) is 24.3 Å². The number of carbonyl (C=O) groups excluding carboxylic acids is 1. The van der Waals surface area contributed by atoms with E-state index in [1.54, 1.807) is 12.1 Å². The van der Waals surface area contributed by atoms with Crippen molar-refractivity contribution in [3.8, 4) is 0 Å². The molecule has 0 radical (unpaired) electrons. The third kappa shape index (κ3) is 9.52. The molecule has 1 N–H and O–H groups in total. The Labute approximate surface area is 134 Å². The first-order valence-electron chi connectivity index (χ1n) is 8.28. The zero-order valence-corrected chi connectivity index (χ0v) is 13.9. The van der Waals surface area contributed by atoms with E-state index >= 15 is 0 Å². The monoisotopic (exact) mass is 309 g/mol. The molecule has 0 heterocycles. The molecule has 0 unspecified atom stereocenters. The summed E-state index contributed by atoms with van der Waals surface area (Å²) in [7, 11) is 0. The molecule has 1 aromatic carbocycles. The maximum absolute atomic E-state index is 11.8. The highest BCUT2D eigenvalue weighted by atomic mass is 35.5. The van der Waals surface area contributed by atoms with E-state index in [0.717, 1.165) is 18.5 Å². The van der Waals surface area contributed by atoms with Gasteiger partial charge in [-0.2, -0.15) is 0 Å².